The zero-order valence-electron chi connectivity index (χ0n) is 25.2. The van der Waals surface area contributed by atoms with E-state index in [4.69, 9.17) is 0 Å². The first kappa shape index (κ1) is 30.1. The fourth-order valence-corrected chi connectivity index (χ4v) is 12.1. The second kappa shape index (κ2) is 11.4. The van der Waals surface area contributed by atoms with Gasteiger partial charge in [0.05, 0.1) is 0 Å². The van der Waals surface area contributed by atoms with E-state index in [0.717, 1.165) is 0 Å². The summed E-state index contributed by atoms with van der Waals surface area (Å²) < 4.78 is 5.18. The van der Waals surface area contributed by atoms with Gasteiger partial charge >= 0.3 is 0 Å². The van der Waals surface area contributed by atoms with E-state index in [2.05, 4.69) is 224 Å². The first-order valence-electron chi connectivity index (χ1n) is 15.8. The van der Waals surface area contributed by atoms with E-state index in [9.17, 15) is 0 Å². The maximum absolute atomic E-state index is 2.62. The molecule has 0 amide bonds. The molecule has 0 aromatic heterocycles. The highest BCUT2D eigenvalue weighted by Gasteiger charge is 2.27. The molecule has 0 N–H and O–H groups in total. The van der Waals surface area contributed by atoms with Gasteiger partial charge in [-0.05, 0) is 192 Å². The van der Waals surface area contributed by atoms with Crippen LogP contribution in [0.1, 0.15) is 0 Å². The van der Waals surface area contributed by atoms with Gasteiger partial charge in [0, 0.05) is 41.2 Å². The minimum Gasteiger partial charge on any atom is -0.0622 e. The zero-order chi connectivity index (χ0) is 32.3. The van der Waals surface area contributed by atoms with Crippen molar-refractivity contribution in [1.82, 2.24) is 0 Å². The van der Waals surface area contributed by atoms with Crippen LogP contribution in [-0.2, 0) is 0 Å². The molecule has 4 heteroatoms. The molecular formula is C44H22I4. The summed E-state index contributed by atoms with van der Waals surface area (Å²) in [5, 5.41) is 16.3. The van der Waals surface area contributed by atoms with Crippen molar-refractivity contribution in [1.29, 1.82) is 0 Å². The van der Waals surface area contributed by atoms with E-state index >= 15 is 0 Å². The van der Waals surface area contributed by atoms with Crippen molar-refractivity contribution in [2.75, 3.05) is 0 Å². The van der Waals surface area contributed by atoms with E-state index in [1.54, 1.807) is 0 Å². The highest BCUT2D eigenvalue weighted by molar-refractivity contribution is 14.1. The fourth-order valence-electron chi connectivity index (χ4n) is 8.06. The van der Waals surface area contributed by atoms with Crippen LogP contribution in [0.3, 0.4) is 0 Å². The molecule has 48 heavy (non-hydrogen) atoms. The monoisotopic (exact) mass is 1060 g/mol. The Morgan fingerprint density at radius 2 is 0.771 bits per heavy atom. The van der Waals surface area contributed by atoms with Crippen LogP contribution in [-0.4, -0.2) is 0 Å². The number of rotatable bonds is 3. The third-order valence-electron chi connectivity index (χ3n) is 9.99. The third-order valence-corrected chi connectivity index (χ3v) is 13.4. The summed E-state index contributed by atoms with van der Waals surface area (Å²) in [4.78, 5) is 0. The molecule has 0 aliphatic heterocycles. The number of hydrogen-bond donors (Lipinski definition) is 0. The highest BCUT2D eigenvalue weighted by Crippen LogP contribution is 2.54. The minimum absolute atomic E-state index is 1.25. The summed E-state index contributed by atoms with van der Waals surface area (Å²) in [5.41, 5.74) is 7.60. The quantitative estimate of drug-likeness (QED) is 0.0940. The molecule has 0 saturated heterocycles. The van der Waals surface area contributed by atoms with Crippen LogP contribution in [0, 0.1) is 14.3 Å². The SMILES string of the molecule is Ic1cc(-c2ccccc2)c2c3ccc(-c4ccccc4)c4cc(I)c5c6c(I)cc(-c7ccccc7)cc6c6cc(I)c1c2c6c5c43. The molecule has 0 nitrogen and oxygen atoms in total. The van der Waals surface area contributed by atoms with E-state index < -0.39 is 0 Å². The molecule has 0 aliphatic carbocycles. The van der Waals surface area contributed by atoms with Gasteiger partial charge in [0.2, 0.25) is 0 Å². The number of halogens is 4. The van der Waals surface area contributed by atoms with Gasteiger partial charge in [0.25, 0.3) is 0 Å². The summed E-state index contributed by atoms with van der Waals surface area (Å²) in [6, 6.07) is 49.7. The summed E-state index contributed by atoms with van der Waals surface area (Å²) in [7, 11) is 0. The van der Waals surface area contributed by atoms with E-state index in [1.165, 1.54) is 112 Å². The predicted molar refractivity (Wildman–Crippen MR) is 241 cm³/mol. The molecule has 0 fully saturated rings. The second-order valence-electron chi connectivity index (χ2n) is 12.5. The zero-order valence-corrected chi connectivity index (χ0v) is 33.8. The van der Waals surface area contributed by atoms with Gasteiger partial charge in [0.15, 0.2) is 0 Å². The Kier molecular flexibility index (Phi) is 7.12. The highest BCUT2D eigenvalue weighted by atomic mass is 127. The van der Waals surface area contributed by atoms with Gasteiger partial charge in [-0.15, -0.1) is 0 Å². The Morgan fingerprint density at radius 3 is 1.46 bits per heavy atom. The molecule has 10 rings (SSSR count). The summed E-state index contributed by atoms with van der Waals surface area (Å²) >= 11 is 10.4. The van der Waals surface area contributed by atoms with Crippen molar-refractivity contribution in [3.63, 3.8) is 0 Å². The van der Waals surface area contributed by atoms with E-state index in [1.807, 2.05) is 0 Å². The standard InChI is InChI=1S/C44H22I4/c45-33-19-26(23-10-4-1-5-11-23)18-30-32-22-35(47)41-34(46)20-29(25-14-8-3-9-15-25)37-28-17-16-27(24-12-6-2-7-13-24)31-21-36(48)42(39(30)33)44(38(28)31)40(32)43(37)41/h1-22H. The second-order valence-corrected chi connectivity index (χ2v) is 17.1. The van der Waals surface area contributed by atoms with Crippen LogP contribution < -0.4 is 0 Å². The minimum atomic E-state index is 1.25. The van der Waals surface area contributed by atoms with Crippen LogP contribution in [0.15, 0.2) is 133 Å². The average Bonchev–Trinajstić information content (AvgIpc) is 3.12. The summed E-state index contributed by atoms with van der Waals surface area (Å²) in [6.07, 6.45) is 0. The van der Waals surface area contributed by atoms with Gasteiger partial charge in [-0.2, -0.15) is 0 Å². The van der Waals surface area contributed by atoms with Crippen molar-refractivity contribution < 1.29 is 0 Å². The Balaban J connectivity index is 1.54. The molecule has 0 saturated carbocycles. The van der Waals surface area contributed by atoms with Crippen LogP contribution in [0.5, 0.6) is 0 Å². The lowest BCUT2D eigenvalue weighted by molar-refractivity contribution is 1.63. The molecular weight excluding hydrogens is 1040 g/mol. The van der Waals surface area contributed by atoms with Gasteiger partial charge < -0.3 is 0 Å². The maximum atomic E-state index is 2.62. The molecule has 0 heterocycles. The molecule has 0 spiro atoms. The van der Waals surface area contributed by atoms with Gasteiger partial charge in [-0.1, -0.05) is 103 Å². The van der Waals surface area contributed by atoms with E-state index in [-0.39, 0.29) is 0 Å². The molecule has 226 valence electrons. The first-order valence-corrected chi connectivity index (χ1v) is 20.1. The van der Waals surface area contributed by atoms with Crippen molar-refractivity contribution in [3.05, 3.63) is 148 Å². The average molecular weight is 1060 g/mol. The lowest BCUT2D eigenvalue weighted by Crippen LogP contribution is -1.99. The summed E-state index contributed by atoms with van der Waals surface area (Å²) in [5.74, 6) is 0. The molecule has 0 atom stereocenters. The van der Waals surface area contributed by atoms with Gasteiger partial charge in [-0.25, -0.2) is 0 Å². The van der Waals surface area contributed by atoms with Crippen LogP contribution >= 0.6 is 90.4 Å². The normalized spacial score (nSPS) is 12.2. The largest absolute Gasteiger partial charge is 0.0622 e. The molecule has 0 bridgehead atoms. The first-order chi connectivity index (χ1) is 23.5. The molecule has 0 radical (unpaired) electrons. The third kappa shape index (κ3) is 4.27. The molecule has 10 aromatic carbocycles. The van der Waals surface area contributed by atoms with Crippen LogP contribution in [0.4, 0.5) is 0 Å². The fraction of sp³-hybridized carbons (Fsp3) is 0. The van der Waals surface area contributed by atoms with Crippen molar-refractivity contribution in [3.8, 4) is 33.4 Å². The van der Waals surface area contributed by atoms with Crippen molar-refractivity contribution >= 4 is 155 Å². The lowest BCUT2D eigenvalue weighted by atomic mass is 9.80. The maximum Gasteiger partial charge on any atom is 0.0226 e. The Labute approximate surface area is 332 Å². The molecule has 10 aromatic rings. The topological polar surface area (TPSA) is 0 Å². The number of hydrogen-bond acceptors (Lipinski definition) is 0. The molecule has 0 unspecified atom stereocenters. The Morgan fingerprint density at radius 1 is 0.250 bits per heavy atom. The Bertz CT molecular complexity index is 2900. The van der Waals surface area contributed by atoms with Crippen molar-refractivity contribution in [2.45, 2.75) is 0 Å². The summed E-state index contributed by atoms with van der Waals surface area (Å²) in [6.45, 7) is 0. The van der Waals surface area contributed by atoms with Crippen LogP contribution in [0.2, 0.25) is 0 Å². The van der Waals surface area contributed by atoms with Crippen LogP contribution in [0.25, 0.3) is 98.0 Å². The predicted octanol–water partition coefficient (Wildman–Crippen LogP) is 14.9. The van der Waals surface area contributed by atoms with Gasteiger partial charge in [-0.3, -0.25) is 0 Å². The molecule has 0 aliphatic rings. The van der Waals surface area contributed by atoms with Crippen molar-refractivity contribution in [2.24, 2.45) is 0 Å². The number of benzene rings is 10. The number of fused-ring (bicyclic) bond motifs is 4. The Hall–Kier alpha value is -2.80. The van der Waals surface area contributed by atoms with E-state index in [0.29, 0.717) is 0 Å². The smallest absolute Gasteiger partial charge is 0.0226 e. The van der Waals surface area contributed by atoms with Gasteiger partial charge in [0.1, 0.15) is 0 Å². The lowest BCUT2D eigenvalue weighted by Gasteiger charge is -2.25.